The van der Waals surface area contributed by atoms with Gasteiger partial charge >= 0.3 is 0 Å². The summed E-state index contributed by atoms with van der Waals surface area (Å²) in [6.45, 7) is 2.96. The number of hydrogen-bond acceptors (Lipinski definition) is 2. The summed E-state index contributed by atoms with van der Waals surface area (Å²) in [5.41, 5.74) is 11.1. The molecule has 0 aliphatic carbocycles. The molecule has 2 aromatic carbocycles. The molecule has 0 aromatic heterocycles. The van der Waals surface area contributed by atoms with Gasteiger partial charge in [-0.3, -0.25) is 0 Å². The van der Waals surface area contributed by atoms with Crippen molar-refractivity contribution in [3.8, 4) is 11.1 Å². The molecule has 2 N–H and O–H groups in total. The molecule has 1 aliphatic rings. The first kappa shape index (κ1) is 13.5. The van der Waals surface area contributed by atoms with Gasteiger partial charge in [-0.25, -0.2) is 0 Å². The molecule has 3 rings (SSSR count). The van der Waals surface area contributed by atoms with Crippen LogP contribution in [0.5, 0.6) is 0 Å². The summed E-state index contributed by atoms with van der Waals surface area (Å²) in [7, 11) is 0. The van der Waals surface area contributed by atoms with Gasteiger partial charge < -0.3 is 10.6 Å². The van der Waals surface area contributed by atoms with Gasteiger partial charge in [-0.05, 0) is 35.3 Å². The lowest BCUT2D eigenvalue weighted by atomic mass is 10.0. The molecule has 2 nitrogen and oxygen atoms in total. The molecule has 2 aromatic rings. The summed E-state index contributed by atoms with van der Waals surface area (Å²) in [5.74, 6) is 0.866. The zero-order chi connectivity index (χ0) is 14.7. The molecule has 0 amide bonds. The van der Waals surface area contributed by atoms with Crippen LogP contribution in [0.1, 0.15) is 13.3 Å². The number of nitrogens with two attached hydrogens (primary N) is 1. The van der Waals surface area contributed by atoms with Crippen LogP contribution >= 0.6 is 0 Å². The summed E-state index contributed by atoms with van der Waals surface area (Å²) in [4.78, 5) is 2.17. The largest absolute Gasteiger partial charge is 0.385 e. The van der Waals surface area contributed by atoms with E-state index in [-0.39, 0.29) is 0 Å². The Morgan fingerprint density at radius 3 is 2.52 bits per heavy atom. The highest BCUT2D eigenvalue weighted by Gasteiger charge is 2.14. The molecule has 0 saturated carbocycles. The summed E-state index contributed by atoms with van der Waals surface area (Å²) in [6.07, 6.45) is 5.26. The molecule has 21 heavy (non-hydrogen) atoms. The fourth-order valence-electron chi connectivity index (χ4n) is 2.68. The van der Waals surface area contributed by atoms with Gasteiger partial charge in [0.1, 0.15) is 5.82 Å². The second-order valence-electron chi connectivity index (χ2n) is 5.19. The number of benzene rings is 2. The zero-order valence-electron chi connectivity index (χ0n) is 12.3. The molecular formula is C19H20N2. The van der Waals surface area contributed by atoms with Crippen molar-refractivity contribution >= 4 is 5.69 Å². The molecule has 0 spiro atoms. The van der Waals surface area contributed by atoms with Crippen molar-refractivity contribution in [2.24, 2.45) is 5.73 Å². The van der Waals surface area contributed by atoms with Gasteiger partial charge in [0.05, 0.1) is 0 Å². The van der Waals surface area contributed by atoms with E-state index in [1.807, 2.05) is 6.07 Å². The molecule has 1 aliphatic heterocycles. The minimum absolute atomic E-state index is 0.827. The number of hydrogen-bond donors (Lipinski definition) is 1. The van der Waals surface area contributed by atoms with Gasteiger partial charge in [0, 0.05) is 12.2 Å². The van der Waals surface area contributed by atoms with E-state index in [1.54, 1.807) is 0 Å². The molecule has 2 heteroatoms. The van der Waals surface area contributed by atoms with Crippen LogP contribution in [0.4, 0.5) is 5.69 Å². The topological polar surface area (TPSA) is 29.3 Å². The van der Waals surface area contributed by atoms with E-state index < -0.39 is 0 Å². The Morgan fingerprint density at radius 1 is 1.00 bits per heavy atom. The first-order chi connectivity index (χ1) is 10.3. The highest BCUT2D eigenvalue weighted by Crippen LogP contribution is 2.28. The summed E-state index contributed by atoms with van der Waals surface area (Å²) >= 11 is 0. The first-order valence-corrected chi connectivity index (χ1v) is 7.38. The molecule has 0 atom stereocenters. The third kappa shape index (κ3) is 2.70. The van der Waals surface area contributed by atoms with Gasteiger partial charge in [-0.15, -0.1) is 0 Å². The van der Waals surface area contributed by atoms with Crippen molar-refractivity contribution in [3.63, 3.8) is 0 Å². The molecule has 0 radical (unpaired) electrons. The maximum absolute atomic E-state index is 6.31. The van der Waals surface area contributed by atoms with E-state index in [0.717, 1.165) is 24.5 Å². The maximum Gasteiger partial charge on any atom is 0.107 e. The van der Waals surface area contributed by atoms with Crippen LogP contribution in [0.3, 0.4) is 0 Å². The predicted molar refractivity (Wildman–Crippen MR) is 89.9 cm³/mol. The molecular weight excluding hydrogens is 256 g/mol. The van der Waals surface area contributed by atoms with Crippen LogP contribution in [-0.4, -0.2) is 6.54 Å². The van der Waals surface area contributed by atoms with Crippen molar-refractivity contribution in [1.29, 1.82) is 0 Å². The van der Waals surface area contributed by atoms with Gasteiger partial charge in [0.15, 0.2) is 0 Å². The Labute approximate surface area is 126 Å². The Kier molecular flexibility index (Phi) is 3.78. The standard InChI is InChI=1S/C19H20N2/c1-2-15-11-7-13-21(19(15)20)18-12-6-10-17(14-18)16-8-4-3-5-9-16/h3-12,14H,2,13,20H2,1H3. The highest BCUT2D eigenvalue weighted by molar-refractivity contribution is 5.70. The number of rotatable bonds is 3. The predicted octanol–water partition coefficient (Wildman–Crippen LogP) is 4.31. The normalized spacial score (nSPS) is 14.6. The summed E-state index contributed by atoms with van der Waals surface area (Å²) in [5, 5.41) is 0. The van der Waals surface area contributed by atoms with E-state index in [1.165, 1.54) is 16.7 Å². The fraction of sp³-hybridized carbons (Fsp3) is 0.158. The lowest BCUT2D eigenvalue weighted by molar-refractivity contribution is 0.921. The van der Waals surface area contributed by atoms with Crippen molar-refractivity contribution in [2.45, 2.75) is 13.3 Å². The lowest BCUT2D eigenvalue weighted by Gasteiger charge is -2.28. The summed E-state index contributed by atoms with van der Waals surface area (Å²) in [6, 6.07) is 19.0. The van der Waals surface area contributed by atoms with Crippen molar-refractivity contribution < 1.29 is 0 Å². The number of nitrogens with zero attached hydrogens (tertiary/aromatic N) is 1. The minimum Gasteiger partial charge on any atom is -0.385 e. The second kappa shape index (κ2) is 5.88. The average Bonchev–Trinajstić information content (AvgIpc) is 2.56. The third-order valence-corrected chi connectivity index (χ3v) is 3.87. The van der Waals surface area contributed by atoms with Crippen molar-refractivity contribution in [2.75, 3.05) is 11.4 Å². The Bertz CT molecular complexity index is 684. The average molecular weight is 276 g/mol. The fourth-order valence-corrected chi connectivity index (χ4v) is 2.68. The van der Waals surface area contributed by atoms with E-state index in [2.05, 4.69) is 72.5 Å². The van der Waals surface area contributed by atoms with Crippen LogP contribution in [0, 0.1) is 0 Å². The number of anilines is 1. The number of allylic oxidation sites excluding steroid dienone is 2. The SMILES string of the molecule is CCC1=C(N)N(c2cccc(-c3ccccc3)c2)CC=C1. The van der Waals surface area contributed by atoms with Gasteiger partial charge in [-0.1, -0.05) is 61.5 Å². The minimum atomic E-state index is 0.827. The summed E-state index contributed by atoms with van der Waals surface area (Å²) < 4.78 is 0. The second-order valence-corrected chi connectivity index (χ2v) is 5.19. The van der Waals surface area contributed by atoms with Crippen LogP contribution in [0.25, 0.3) is 11.1 Å². The van der Waals surface area contributed by atoms with Gasteiger partial charge in [0.2, 0.25) is 0 Å². The Balaban J connectivity index is 1.98. The molecule has 0 saturated heterocycles. The molecule has 106 valence electrons. The molecule has 0 fully saturated rings. The molecule has 0 bridgehead atoms. The molecule has 0 unspecified atom stereocenters. The maximum atomic E-state index is 6.31. The Morgan fingerprint density at radius 2 is 1.76 bits per heavy atom. The van der Waals surface area contributed by atoms with E-state index in [9.17, 15) is 0 Å². The smallest absolute Gasteiger partial charge is 0.107 e. The van der Waals surface area contributed by atoms with E-state index in [0.29, 0.717) is 0 Å². The molecule has 1 heterocycles. The third-order valence-electron chi connectivity index (χ3n) is 3.87. The van der Waals surface area contributed by atoms with E-state index in [4.69, 9.17) is 5.73 Å². The van der Waals surface area contributed by atoms with Crippen LogP contribution in [-0.2, 0) is 0 Å². The van der Waals surface area contributed by atoms with Crippen LogP contribution < -0.4 is 10.6 Å². The van der Waals surface area contributed by atoms with Crippen LogP contribution in [0.15, 0.2) is 78.1 Å². The van der Waals surface area contributed by atoms with Gasteiger partial charge in [0.25, 0.3) is 0 Å². The highest BCUT2D eigenvalue weighted by atomic mass is 15.2. The van der Waals surface area contributed by atoms with Crippen molar-refractivity contribution in [1.82, 2.24) is 0 Å². The Hall–Kier alpha value is -2.48. The zero-order valence-corrected chi connectivity index (χ0v) is 12.3. The van der Waals surface area contributed by atoms with E-state index >= 15 is 0 Å². The first-order valence-electron chi connectivity index (χ1n) is 7.38. The van der Waals surface area contributed by atoms with Gasteiger partial charge in [-0.2, -0.15) is 0 Å². The monoisotopic (exact) mass is 276 g/mol. The lowest BCUT2D eigenvalue weighted by Crippen LogP contribution is -2.31. The quantitative estimate of drug-likeness (QED) is 0.905. The van der Waals surface area contributed by atoms with Crippen molar-refractivity contribution in [3.05, 3.63) is 78.1 Å². The van der Waals surface area contributed by atoms with Crippen LogP contribution in [0.2, 0.25) is 0 Å².